The minimum Gasteiger partial charge on any atom is -0.338 e. The number of likely N-dealkylation sites (tertiary alicyclic amines) is 1. The maximum Gasteiger partial charge on any atom is 0.245 e. The van der Waals surface area contributed by atoms with E-state index in [1.807, 2.05) is 23.6 Å². The van der Waals surface area contributed by atoms with Crippen molar-refractivity contribution in [3.63, 3.8) is 0 Å². The molecule has 7 heteroatoms. The number of hydrogen-bond donors (Lipinski definition) is 0. The Labute approximate surface area is 153 Å². The van der Waals surface area contributed by atoms with E-state index in [4.69, 9.17) is 0 Å². The van der Waals surface area contributed by atoms with E-state index in [2.05, 4.69) is 15.3 Å². The van der Waals surface area contributed by atoms with Crippen molar-refractivity contribution in [2.75, 3.05) is 32.7 Å². The molecule has 0 unspecified atom stereocenters. The van der Waals surface area contributed by atoms with E-state index < -0.39 is 0 Å². The van der Waals surface area contributed by atoms with Crippen molar-refractivity contribution in [1.29, 1.82) is 0 Å². The molecule has 2 aliphatic rings. The number of thiazole rings is 1. The topological polar surface area (TPSA) is 56.8 Å². The first kappa shape index (κ1) is 18.3. The number of hydrogen-bond acceptors (Lipinski definition) is 5. The highest BCUT2D eigenvalue weighted by molar-refractivity contribution is 7.09. The van der Waals surface area contributed by atoms with Crippen molar-refractivity contribution in [1.82, 2.24) is 19.7 Å². The molecule has 0 radical (unpaired) electrons. The van der Waals surface area contributed by atoms with Gasteiger partial charge in [0.25, 0.3) is 0 Å². The van der Waals surface area contributed by atoms with Crippen LogP contribution in [0.25, 0.3) is 0 Å². The average molecular weight is 365 g/mol. The number of aromatic nitrogens is 1. The fraction of sp³-hybridized carbons (Fsp3) is 0.722. The molecule has 1 aromatic rings. The predicted molar refractivity (Wildman–Crippen MR) is 98.4 cm³/mol. The molecular formula is C18H28N4O2S. The molecule has 2 aliphatic heterocycles. The number of nitrogens with zero attached hydrogens (tertiary/aromatic N) is 4. The van der Waals surface area contributed by atoms with Crippen molar-refractivity contribution in [2.45, 2.75) is 52.1 Å². The maximum atomic E-state index is 13.0. The number of piperazine rings is 1. The molecule has 0 N–H and O–H groups in total. The summed E-state index contributed by atoms with van der Waals surface area (Å²) in [5.74, 6) is 0.251. The Morgan fingerprint density at radius 2 is 1.96 bits per heavy atom. The van der Waals surface area contributed by atoms with Crippen LogP contribution in [0.5, 0.6) is 0 Å². The van der Waals surface area contributed by atoms with Gasteiger partial charge in [0.1, 0.15) is 6.04 Å². The summed E-state index contributed by atoms with van der Waals surface area (Å²) in [6.45, 7) is 8.71. The highest BCUT2D eigenvalue weighted by atomic mass is 32.1. The van der Waals surface area contributed by atoms with Gasteiger partial charge in [0.2, 0.25) is 11.8 Å². The van der Waals surface area contributed by atoms with Crippen LogP contribution < -0.4 is 0 Å². The van der Waals surface area contributed by atoms with Crippen LogP contribution in [0.15, 0.2) is 5.38 Å². The zero-order chi connectivity index (χ0) is 17.8. The first-order valence-electron chi connectivity index (χ1n) is 9.30. The van der Waals surface area contributed by atoms with Crippen LogP contribution in [0, 0.1) is 6.92 Å². The lowest BCUT2D eigenvalue weighted by Crippen LogP contribution is -2.57. The average Bonchev–Trinajstić information content (AvgIpc) is 3.06. The summed E-state index contributed by atoms with van der Waals surface area (Å²) >= 11 is 1.68. The van der Waals surface area contributed by atoms with Crippen LogP contribution in [-0.4, -0.2) is 70.3 Å². The summed E-state index contributed by atoms with van der Waals surface area (Å²) < 4.78 is 0. The molecule has 2 fully saturated rings. The van der Waals surface area contributed by atoms with Crippen molar-refractivity contribution in [3.05, 3.63) is 16.1 Å². The summed E-state index contributed by atoms with van der Waals surface area (Å²) in [5.41, 5.74) is 1.12. The lowest BCUT2D eigenvalue weighted by molar-refractivity contribution is -0.148. The molecule has 25 heavy (non-hydrogen) atoms. The van der Waals surface area contributed by atoms with Crippen molar-refractivity contribution >= 4 is 23.2 Å². The summed E-state index contributed by atoms with van der Waals surface area (Å²) in [7, 11) is 0. The maximum absolute atomic E-state index is 13.0. The van der Waals surface area contributed by atoms with E-state index in [1.165, 1.54) is 0 Å². The predicted octanol–water partition coefficient (Wildman–Crippen LogP) is 1.89. The quantitative estimate of drug-likeness (QED) is 0.819. The van der Waals surface area contributed by atoms with Crippen LogP contribution in [0.4, 0.5) is 0 Å². The van der Waals surface area contributed by atoms with E-state index in [-0.39, 0.29) is 17.9 Å². The van der Waals surface area contributed by atoms with E-state index in [9.17, 15) is 9.59 Å². The number of carbonyl (C=O) groups is 2. The number of carbonyl (C=O) groups excluding carboxylic acids is 2. The smallest absolute Gasteiger partial charge is 0.245 e. The van der Waals surface area contributed by atoms with Crippen LogP contribution in [0.2, 0.25) is 0 Å². The molecule has 0 saturated carbocycles. The fourth-order valence-electron chi connectivity index (χ4n) is 3.74. The normalized spacial score (nSPS) is 22.2. The molecule has 0 bridgehead atoms. The van der Waals surface area contributed by atoms with Crippen molar-refractivity contribution < 1.29 is 9.59 Å². The largest absolute Gasteiger partial charge is 0.338 e. The summed E-state index contributed by atoms with van der Waals surface area (Å²) in [6, 6.07) is -0.242. The first-order valence-corrected chi connectivity index (χ1v) is 10.2. The van der Waals surface area contributed by atoms with Gasteiger partial charge in [0.05, 0.1) is 10.7 Å². The molecule has 1 atom stereocenters. The van der Waals surface area contributed by atoms with Gasteiger partial charge in [-0.15, -0.1) is 11.3 Å². The molecule has 3 rings (SSSR count). The Hall–Kier alpha value is -1.47. The van der Waals surface area contributed by atoms with Gasteiger partial charge in [-0.25, -0.2) is 4.98 Å². The number of piperidine rings is 1. The Balaban J connectivity index is 1.54. The lowest BCUT2D eigenvalue weighted by atomic mass is 10.00. The molecule has 138 valence electrons. The monoisotopic (exact) mass is 364 g/mol. The number of aryl methyl sites for hydroxylation is 1. The molecule has 2 amide bonds. The first-order chi connectivity index (χ1) is 12.1. The standard InChI is InChI=1S/C18H28N4O2S/c1-3-17(23)22-7-5-4-6-16(22)18(24)21-10-8-20(9-11-21)12-15-13-25-14(2)19-15/h13,16H,3-12H2,1-2H3/t16-/m0/s1. The SMILES string of the molecule is CCC(=O)N1CCCC[C@H]1C(=O)N1CCN(Cc2csc(C)n2)CC1. The van der Waals surface area contributed by atoms with Gasteiger partial charge in [0.15, 0.2) is 0 Å². The molecule has 2 saturated heterocycles. The second kappa shape index (κ2) is 8.27. The zero-order valence-electron chi connectivity index (χ0n) is 15.2. The van der Waals surface area contributed by atoms with Gasteiger partial charge in [-0.1, -0.05) is 6.92 Å². The summed E-state index contributed by atoms with van der Waals surface area (Å²) in [5, 5.41) is 3.21. The van der Waals surface area contributed by atoms with Gasteiger partial charge in [0, 0.05) is 51.1 Å². The fourth-order valence-corrected chi connectivity index (χ4v) is 4.34. The van der Waals surface area contributed by atoms with Gasteiger partial charge in [-0.05, 0) is 26.2 Å². The molecular weight excluding hydrogens is 336 g/mol. The molecule has 1 aromatic heterocycles. The van der Waals surface area contributed by atoms with Gasteiger partial charge < -0.3 is 9.80 Å². The third-order valence-electron chi connectivity index (χ3n) is 5.15. The third-order valence-corrected chi connectivity index (χ3v) is 5.97. The highest BCUT2D eigenvalue weighted by Crippen LogP contribution is 2.21. The van der Waals surface area contributed by atoms with Crippen molar-refractivity contribution in [2.24, 2.45) is 0 Å². The Kier molecular flexibility index (Phi) is 6.06. The van der Waals surface area contributed by atoms with E-state index in [0.717, 1.165) is 69.2 Å². The van der Waals surface area contributed by atoms with Gasteiger partial charge in [-0.3, -0.25) is 14.5 Å². The third kappa shape index (κ3) is 4.39. The van der Waals surface area contributed by atoms with Gasteiger partial charge >= 0.3 is 0 Å². The zero-order valence-corrected chi connectivity index (χ0v) is 16.1. The lowest BCUT2D eigenvalue weighted by Gasteiger charge is -2.40. The van der Waals surface area contributed by atoms with Crippen LogP contribution in [0.1, 0.15) is 43.3 Å². The molecule has 0 aromatic carbocycles. The molecule has 0 aliphatic carbocycles. The minimum atomic E-state index is -0.242. The second-order valence-electron chi connectivity index (χ2n) is 6.91. The minimum absolute atomic E-state index is 0.107. The number of rotatable bonds is 4. The Morgan fingerprint density at radius 3 is 2.60 bits per heavy atom. The highest BCUT2D eigenvalue weighted by Gasteiger charge is 2.35. The Morgan fingerprint density at radius 1 is 1.20 bits per heavy atom. The summed E-state index contributed by atoms with van der Waals surface area (Å²) in [6.07, 6.45) is 3.33. The molecule has 6 nitrogen and oxygen atoms in total. The second-order valence-corrected chi connectivity index (χ2v) is 7.97. The van der Waals surface area contributed by atoms with Crippen LogP contribution in [0.3, 0.4) is 0 Å². The van der Waals surface area contributed by atoms with Crippen molar-refractivity contribution in [3.8, 4) is 0 Å². The Bertz CT molecular complexity index is 610. The van der Waals surface area contributed by atoms with Gasteiger partial charge in [-0.2, -0.15) is 0 Å². The van der Waals surface area contributed by atoms with E-state index in [0.29, 0.717) is 6.42 Å². The number of amides is 2. The molecule has 3 heterocycles. The van der Waals surface area contributed by atoms with E-state index in [1.54, 1.807) is 11.3 Å². The summed E-state index contributed by atoms with van der Waals surface area (Å²) in [4.78, 5) is 35.8. The van der Waals surface area contributed by atoms with Crippen LogP contribution >= 0.6 is 11.3 Å². The molecule has 0 spiro atoms. The van der Waals surface area contributed by atoms with Crippen LogP contribution in [-0.2, 0) is 16.1 Å². The van der Waals surface area contributed by atoms with E-state index >= 15 is 0 Å².